The highest BCUT2D eigenvalue weighted by Crippen LogP contribution is 2.25. The van der Waals surface area contributed by atoms with Crippen LogP contribution in [0.3, 0.4) is 0 Å². The van der Waals surface area contributed by atoms with Crippen LogP contribution >= 0.6 is 0 Å². The Morgan fingerprint density at radius 1 is 1.44 bits per heavy atom. The first-order chi connectivity index (χ1) is 7.47. The number of carboxylic acids is 1. The van der Waals surface area contributed by atoms with Crippen LogP contribution in [0.4, 0.5) is 0 Å². The van der Waals surface area contributed by atoms with E-state index in [1.807, 2.05) is 6.92 Å². The summed E-state index contributed by atoms with van der Waals surface area (Å²) in [4.78, 5) is 24.2. The summed E-state index contributed by atoms with van der Waals surface area (Å²) >= 11 is 0. The van der Waals surface area contributed by atoms with Crippen molar-refractivity contribution in [3.8, 4) is 0 Å². The first-order valence-electron chi connectivity index (χ1n) is 5.69. The molecule has 1 rings (SSSR count). The topological polar surface area (TPSA) is 83.6 Å². The lowest BCUT2D eigenvalue weighted by atomic mass is 9.86. The van der Waals surface area contributed by atoms with E-state index in [2.05, 4.69) is 0 Å². The molecule has 92 valence electrons. The van der Waals surface area contributed by atoms with E-state index in [0.717, 1.165) is 0 Å². The zero-order valence-corrected chi connectivity index (χ0v) is 9.85. The maximum atomic E-state index is 11.8. The predicted octanol–water partition coefficient (Wildman–Crippen LogP) is 0.150. The first-order valence-corrected chi connectivity index (χ1v) is 5.69. The molecular weight excluding hydrogens is 208 g/mol. The Morgan fingerprint density at radius 3 is 2.44 bits per heavy atom. The molecule has 0 spiro atoms. The van der Waals surface area contributed by atoms with Gasteiger partial charge in [0.2, 0.25) is 5.91 Å². The van der Waals surface area contributed by atoms with Crippen molar-refractivity contribution in [3.63, 3.8) is 0 Å². The van der Waals surface area contributed by atoms with Crippen molar-refractivity contribution in [2.24, 2.45) is 23.5 Å². The van der Waals surface area contributed by atoms with Gasteiger partial charge in [0.05, 0.1) is 5.92 Å². The van der Waals surface area contributed by atoms with Crippen LogP contribution < -0.4 is 5.73 Å². The number of amides is 1. The van der Waals surface area contributed by atoms with Gasteiger partial charge in [0, 0.05) is 24.9 Å². The maximum Gasteiger partial charge on any atom is 0.306 e. The van der Waals surface area contributed by atoms with Crippen molar-refractivity contribution in [2.45, 2.75) is 20.3 Å². The molecule has 0 bridgehead atoms. The summed E-state index contributed by atoms with van der Waals surface area (Å²) < 4.78 is 0. The van der Waals surface area contributed by atoms with E-state index < -0.39 is 5.97 Å². The number of hydrogen-bond donors (Lipinski definition) is 2. The van der Waals surface area contributed by atoms with Gasteiger partial charge in [-0.1, -0.05) is 13.8 Å². The van der Waals surface area contributed by atoms with Crippen molar-refractivity contribution in [3.05, 3.63) is 0 Å². The third-order valence-electron chi connectivity index (χ3n) is 3.34. The van der Waals surface area contributed by atoms with Gasteiger partial charge in [0.15, 0.2) is 0 Å². The summed E-state index contributed by atoms with van der Waals surface area (Å²) in [6.45, 7) is 5.21. The first kappa shape index (κ1) is 13.0. The number of hydrogen-bond acceptors (Lipinski definition) is 3. The fourth-order valence-corrected chi connectivity index (χ4v) is 1.90. The zero-order chi connectivity index (χ0) is 12.3. The molecule has 3 N–H and O–H groups in total. The molecule has 16 heavy (non-hydrogen) atoms. The molecule has 1 saturated heterocycles. The normalized spacial score (nSPS) is 20.1. The Labute approximate surface area is 95.6 Å². The smallest absolute Gasteiger partial charge is 0.306 e. The van der Waals surface area contributed by atoms with Gasteiger partial charge in [0.1, 0.15) is 0 Å². The van der Waals surface area contributed by atoms with Gasteiger partial charge in [-0.05, 0) is 13.0 Å². The molecule has 2 atom stereocenters. The van der Waals surface area contributed by atoms with Crippen LogP contribution in [-0.4, -0.2) is 41.5 Å². The van der Waals surface area contributed by atoms with E-state index in [4.69, 9.17) is 10.8 Å². The highest BCUT2D eigenvalue weighted by atomic mass is 16.4. The summed E-state index contributed by atoms with van der Waals surface area (Å²) in [5, 5.41) is 8.82. The number of rotatable bonds is 5. The molecule has 1 fully saturated rings. The second-order valence-corrected chi connectivity index (χ2v) is 4.61. The van der Waals surface area contributed by atoms with E-state index >= 15 is 0 Å². The summed E-state index contributed by atoms with van der Waals surface area (Å²) in [6.07, 6.45) is 0.689. The van der Waals surface area contributed by atoms with Gasteiger partial charge >= 0.3 is 5.97 Å². The number of carbonyl (C=O) groups excluding carboxylic acids is 1. The minimum Gasteiger partial charge on any atom is -0.481 e. The molecular formula is C11H20N2O3. The number of carboxylic acid groups (broad SMARTS) is 1. The number of likely N-dealkylation sites (tertiary alicyclic amines) is 1. The molecule has 5 heteroatoms. The molecule has 0 radical (unpaired) electrons. The number of aliphatic carboxylic acids is 1. The predicted molar refractivity (Wildman–Crippen MR) is 59.7 cm³/mol. The molecule has 1 heterocycles. The van der Waals surface area contributed by atoms with Crippen LogP contribution in [0, 0.1) is 17.8 Å². The van der Waals surface area contributed by atoms with Crippen LogP contribution in [-0.2, 0) is 9.59 Å². The molecule has 0 saturated carbocycles. The highest BCUT2D eigenvalue weighted by molar-refractivity contribution is 5.79. The third-order valence-corrected chi connectivity index (χ3v) is 3.34. The maximum absolute atomic E-state index is 11.8. The highest BCUT2D eigenvalue weighted by Gasteiger charge is 2.38. The molecule has 0 aromatic heterocycles. The van der Waals surface area contributed by atoms with E-state index in [1.54, 1.807) is 11.8 Å². The van der Waals surface area contributed by atoms with Crippen molar-refractivity contribution < 1.29 is 14.7 Å². The Balaban J connectivity index is 2.35. The van der Waals surface area contributed by atoms with E-state index in [1.165, 1.54) is 0 Å². The number of carbonyl (C=O) groups is 2. The van der Waals surface area contributed by atoms with E-state index in [9.17, 15) is 9.59 Å². The molecule has 1 amide bonds. The molecule has 1 aliphatic rings. The number of nitrogens with zero attached hydrogens (tertiary/aromatic N) is 1. The summed E-state index contributed by atoms with van der Waals surface area (Å²) in [5.41, 5.74) is 5.39. The van der Waals surface area contributed by atoms with Crippen molar-refractivity contribution >= 4 is 11.9 Å². The lowest BCUT2D eigenvalue weighted by molar-refractivity contribution is -0.152. The zero-order valence-electron chi connectivity index (χ0n) is 9.85. The van der Waals surface area contributed by atoms with Crippen LogP contribution in [0.15, 0.2) is 0 Å². The molecule has 0 aromatic rings. The Morgan fingerprint density at radius 2 is 2.00 bits per heavy atom. The summed E-state index contributed by atoms with van der Waals surface area (Å²) in [6, 6.07) is 0. The largest absolute Gasteiger partial charge is 0.481 e. The number of nitrogens with two attached hydrogens (primary N) is 1. The van der Waals surface area contributed by atoms with Crippen molar-refractivity contribution in [1.82, 2.24) is 4.90 Å². The van der Waals surface area contributed by atoms with Gasteiger partial charge in [0.25, 0.3) is 0 Å². The lowest BCUT2D eigenvalue weighted by Crippen LogP contribution is -2.54. The van der Waals surface area contributed by atoms with Gasteiger partial charge in [-0.25, -0.2) is 0 Å². The van der Waals surface area contributed by atoms with E-state index in [0.29, 0.717) is 26.1 Å². The van der Waals surface area contributed by atoms with E-state index in [-0.39, 0.29) is 23.7 Å². The van der Waals surface area contributed by atoms with Crippen LogP contribution in [0.5, 0.6) is 0 Å². The Kier molecular flexibility index (Phi) is 4.29. The second-order valence-electron chi connectivity index (χ2n) is 4.61. The van der Waals surface area contributed by atoms with Gasteiger partial charge in [-0.15, -0.1) is 0 Å². The second kappa shape index (κ2) is 5.30. The summed E-state index contributed by atoms with van der Waals surface area (Å²) in [7, 11) is 0. The summed E-state index contributed by atoms with van der Waals surface area (Å²) in [5.74, 6) is -1.00. The SMILES string of the molecule is CC(CCN)C(=O)N1CC(C(C)C(=O)O)C1. The fraction of sp³-hybridized carbons (Fsp3) is 0.818. The molecule has 1 aliphatic heterocycles. The fourth-order valence-electron chi connectivity index (χ4n) is 1.90. The quantitative estimate of drug-likeness (QED) is 0.701. The van der Waals surface area contributed by atoms with Crippen molar-refractivity contribution in [1.29, 1.82) is 0 Å². The van der Waals surface area contributed by atoms with Crippen molar-refractivity contribution in [2.75, 3.05) is 19.6 Å². The minimum absolute atomic E-state index is 0.0499. The molecule has 2 unspecified atom stereocenters. The molecule has 0 aliphatic carbocycles. The van der Waals surface area contributed by atoms with Gasteiger partial charge in [-0.3, -0.25) is 9.59 Å². The lowest BCUT2D eigenvalue weighted by Gasteiger charge is -2.42. The monoisotopic (exact) mass is 228 g/mol. The van der Waals surface area contributed by atoms with Crippen LogP contribution in [0.1, 0.15) is 20.3 Å². The van der Waals surface area contributed by atoms with Gasteiger partial charge in [-0.2, -0.15) is 0 Å². The van der Waals surface area contributed by atoms with Gasteiger partial charge < -0.3 is 15.7 Å². The molecule has 0 aromatic carbocycles. The average Bonchev–Trinajstić information content (AvgIpc) is 2.15. The average molecular weight is 228 g/mol. The molecule has 5 nitrogen and oxygen atoms in total. The Hall–Kier alpha value is -1.10. The Bertz CT molecular complexity index is 274. The van der Waals surface area contributed by atoms with Crippen LogP contribution in [0.2, 0.25) is 0 Å². The minimum atomic E-state index is -0.785. The van der Waals surface area contributed by atoms with Crippen LogP contribution in [0.25, 0.3) is 0 Å². The third kappa shape index (κ3) is 2.72. The standard InChI is InChI=1S/C11H20N2O3/c1-7(3-4-12)10(14)13-5-9(6-13)8(2)11(15)16/h7-9H,3-6,12H2,1-2H3,(H,15,16).